The molecule has 4 aliphatic rings. The third kappa shape index (κ3) is 6.03. The van der Waals surface area contributed by atoms with Crippen LogP contribution in [-0.2, 0) is 19.1 Å². The number of hydrogen-bond acceptors (Lipinski definition) is 6. The molecule has 7 heteroatoms. The predicted molar refractivity (Wildman–Crippen MR) is 167 cm³/mol. The van der Waals surface area contributed by atoms with Crippen LogP contribution in [0.2, 0.25) is 0 Å². The van der Waals surface area contributed by atoms with Gasteiger partial charge < -0.3 is 24.8 Å². The SMILES string of the molecule is C/C=C(/C)[C@@H](O)C(=O)O[C@@H]1C[C@@H](C(C)(C)O)[C@@](C)(CCC(=O)O)[C@H]2CC[C@]3(C)C(=CC[C@H]3[C@H]3CO[C@H](C=C(C)C)C3)[C@@]21C. The lowest BCUT2D eigenvalue weighted by molar-refractivity contribution is -0.212. The summed E-state index contributed by atoms with van der Waals surface area (Å²) in [4.78, 5) is 25.3. The van der Waals surface area contributed by atoms with Gasteiger partial charge in [0.2, 0.25) is 0 Å². The maximum absolute atomic E-state index is 13.4. The second kappa shape index (κ2) is 12.1. The van der Waals surface area contributed by atoms with Crippen LogP contribution >= 0.6 is 0 Å². The number of carbonyl (C=O) groups is 2. The molecule has 3 fully saturated rings. The molecule has 1 aliphatic heterocycles. The number of allylic oxidation sites excluding steroid dienone is 3. The molecule has 7 nitrogen and oxygen atoms in total. The molecule has 0 bridgehead atoms. The van der Waals surface area contributed by atoms with Crippen molar-refractivity contribution in [3.05, 3.63) is 34.9 Å². The minimum absolute atomic E-state index is 0.0152. The molecule has 3 N–H and O–H groups in total. The topological polar surface area (TPSA) is 113 Å². The van der Waals surface area contributed by atoms with Gasteiger partial charge in [-0.05, 0) is 120 Å². The molecule has 0 unspecified atom stereocenters. The van der Waals surface area contributed by atoms with E-state index in [2.05, 4.69) is 46.8 Å². The molecular weight excluding hydrogens is 544 g/mol. The number of aliphatic hydroxyl groups is 2. The van der Waals surface area contributed by atoms with E-state index < -0.39 is 40.6 Å². The van der Waals surface area contributed by atoms with Crippen molar-refractivity contribution in [2.75, 3.05) is 6.61 Å². The van der Waals surface area contributed by atoms with Crippen molar-refractivity contribution in [3.8, 4) is 0 Å². The van der Waals surface area contributed by atoms with Crippen molar-refractivity contribution in [2.45, 2.75) is 131 Å². The average Bonchev–Trinajstić information content (AvgIpc) is 3.51. The van der Waals surface area contributed by atoms with Gasteiger partial charge in [-0.3, -0.25) is 4.79 Å². The molecule has 0 radical (unpaired) electrons. The molecule has 1 saturated heterocycles. The number of carboxylic acid groups (broad SMARTS) is 1. The molecule has 43 heavy (non-hydrogen) atoms. The van der Waals surface area contributed by atoms with Crippen LogP contribution in [0.5, 0.6) is 0 Å². The van der Waals surface area contributed by atoms with Gasteiger partial charge in [-0.1, -0.05) is 50.1 Å². The Morgan fingerprint density at radius 2 is 1.86 bits per heavy atom. The molecule has 3 aliphatic carbocycles. The van der Waals surface area contributed by atoms with E-state index in [0.29, 0.717) is 30.3 Å². The zero-order valence-electron chi connectivity index (χ0n) is 27.9. The molecule has 10 atom stereocenters. The van der Waals surface area contributed by atoms with Gasteiger partial charge in [0.25, 0.3) is 0 Å². The van der Waals surface area contributed by atoms with Gasteiger partial charge in [-0.15, -0.1) is 0 Å². The summed E-state index contributed by atoms with van der Waals surface area (Å²) < 4.78 is 12.6. The molecule has 0 aromatic rings. The summed E-state index contributed by atoms with van der Waals surface area (Å²) in [7, 11) is 0. The van der Waals surface area contributed by atoms with E-state index in [1.165, 1.54) is 11.1 Å². The number of esters is 1. The summed E-state index contributed by atoms with van der Waals surface area (Å²) in [5.74, 6) is -1.00. The Morgan fingerprint density at radius 1 is 1.19 bits per heavy atom. The standard InChI is InChI=1S/C36H56O7/c1-10-22(4)31(39)32(40)43-29-19-28(33(5,6)41)35(8,16-14-30(37)38)27-13-15-34(7)25(11-12-26(34)36(27,29)9)23-18-24(42-20-23)17-21(2)3/h10,12,17,23-25,27-29,31,39,41H,11,13-16,18-20H2,1-9H3,(H,37,38)/b22-10-/t23-,24-,25+,27-,28+,29-,31-,34+,35+,36+/m1/s1. The van der Waals surface area contributed by atoms with Crippen LogP contribution in [0.4, 0.5) is 0 Å². The fourth-order valence-corrected chi connectivity index (χ4v) is 10.1. The maximum Gasteiger partial charge on any atom is 0.339 e. The minimum Gasteiger partial charge on any atom is -0.481 e. The van der Waals surface area contributed by atoms with E-state index in [1.54, 1.807) is 33.8 Å². The Kier molecular flexibility index (Phi) is 9.54. The van der Waals surface area contributed by atoms with E-state index in [-0.39, 0.29) is 29.8 Å². The van der Waals surface area contributed by atoms with Gasteiger partial charge in [-0.2, -0.15) is 0 Å². The summed E-state index contributed by atoms with van der Waals surface area (Å²) in [5, 5.41) is 32.1. The first-order valence-corrected chi connectivity index (χ1v) is 16.3. The van der Waals surface area contributed by atoms with E-state index in [0.717, 1.165) is 32.3 Å². The summed E-state index contributed by atoms with van der Waals surface area (Å²) in [6.07, 6.45) is 9.14. The van der Waals surface area contributed by atoms with E-state index in [4.69, 9.17) is 9.47 Å². The van der Waals surface area contributed by atoms with Crippen molar-refractivity contribution in [3.63, 3.8) is 0 Å². The van der Waals surface area contributed by atoms with Crippen LogP contribution in [0.1, 0.15) is 107 Å². The Bertz CT molecular complexity index is 1170. The zero-order valence-corrected chi connectivity index (χ0v) is 27.9. The lowest BCUT2D eigenvalue weighted by Gasteiger charge is -2.66. The van der Waals surface area contributed by atoms with Crippen molar-refractivity contribution in [1.29, 1.82) is 0 Å². The fourth-order valence-electron chi connectivity index (χ4n) is 10.1. The highest BCUT2D eigenvalue weighted by Gasteiger charge is 2.68. The number of rotatable bonds is 9. The van der Waals surface area contributed by atoms with Crippen LogP contribution in [0.3, 0.4) is 0 Å². The summed E-state index contributed by atoms with van der Waals surface area (Å²) in [6.45, 7) is 18.8. The van der Waals surface area contributed by atoms with Crippen LogP contribution in [-0.4, -0.2) is 57.8 Å². The molecule has 4 rings (SSSR count). The molecule has 242 valence electrons. The smallest absolute Gasteiger partial charge is 0.339 e. The molecule has 0 aromatic heterocycles. The molecule has 0 amide bonds. The van der Waals surface area contributed by atoms with Crippen molar-refractivity contribution in [2.24, 2.45) is 39.9 Å². The molecule has 0 spiro atoms. The number of aliphatic carboxylic acids is 1. The monoisotopic (exact) mass is 600 g/mol. The molecule has 0 aromatic carbocycles. The van der Waals surface area contributed by atoms with Crippen LogP contribution < -0.4 is 0 Å². The normalized spacial score (nSPS) is 40.3. The number of aliphatic hydroxyl groups excluding tert-OH is 1. The first-order chi connectivity index (χ1) is 19.9. The number of carboxylic acids is 1. The molecule has 2 saturated carbocycles. The van der Waals surface area contributed by atoms with E-state index in [9.17, 15) is 24.9 Å². The third-order valence-corrected chi connectivity index (χ3v) is 12.2. The Labute approximate surface area is 258 Å². The van der Waals surface area contributed by atoms with Gasteiger partial charge in [0.15, 0.2) is 6.10 Å². The second-order valence-electron chi connectivity index (χ2n) is 15.6. The summed E-state index contributed by atoms with van der Waals surface area (Å²) in [6, 6.07) is 0. The van der Waals surface area contributed by atoms with Crippen LogP contribution in [0.15, 0.2) is 34.9 Å². The highest BCUT2D eigenvalue weighted by molar-refractivity contribution is 5.78. The predicted octanol–water partition coefficient (Wildman–Crippen LogP) is 6.63. The first-order valence-electron chi connectivity index (χ1n) is 16.3. The molecular formula is C36H56O7. The first kappa shape index (κ1) is 33.9. The van der Waals surface area contributed by atoms with Crippen molar-refractivity contribution < 1.29 is 34.4 Å². The van der Waals surface area contributed by atoms with Gasteiger partial charge in [0, 0.05) is 11.8 Å². The Hall–Kier alpha value is -1.96. The van der Waals surface area contributed by atoms with Crippen LogP contribution in [0.25, 0.3) is 0 Å². The van der Waals surface area contributed by atoms with Crippen molar-refractivity contribution >= 4 is 11.9 Å². The quantitative estimate of drug-likeness (QED) is 0.201. The minimum atomic E-state index is -1.35. The highest BCUT2D eigenvalue weighted by Crippen LogP contribution is 2.72. The Balaban J connectivity index is 1.77. The highest BCUT2D eigenvalue weighted by atomic mass is 16.6. The third-order valence-electron chi connectivity index (χ3n) is 12.2. The zero-order chi connectivity index (χ0) is 32.1. The number of ether oxygens (including phenoxy) is 2. The van der Waals surface area contributed by atoms with E-state index in [1.807, 2.05) is 0 Å². The lowest BCUT2D eigenvalue weighted by atomic mass is 9.39. The van der Waals surface area contributed by atoms with Gasteiger partial charge in [0.1, 0.15) is 6.10 Å². The van der Waals surface area contributed by atoms with E-state index >= 15 is 0 Å². The summed E-state index contributed by atoms with van der Waals surface area (Å²) in [5.41, 5.74) is 0.792. The van der Waals surface area contributed by atoms with Crippen molar-refractivity contribution in [1.82, 2.24) is 0 Å². The maximum atomic E-state index is 13.4. The largest absolute Gasteiger partial charge is 0.481 e. The lowest BCUT2D eigenvalue weighted by Crippen LogP contribution is -2.64. The number of fused-ring (bicyclic) bond motifs is 3. The van der Waals surface area contributed by atoms with Gasteiger partial charge in [0.05, 0.1) is 18.3 Å². The second-order valence-corrected chi connectivity index (χ2v) is 15.6. The van der Waals surface area contributed by atoms with Gasteiger partial charge in [-0.25, -0.2) is 4.79 Å². The van der Waals surface area contributed by atoms with Crippen LogP contribution in [0, 0.1) is 39.9 Å². The number of hydrogen-bond donors (Lipinski definition) is 3. The molecule has 1 heterocycles. The number of carbonyl (C=O) groups excluding carboxylic acids is 1. The Morgan fingerprint density at radius 3 is 2.44 bits per heavy atom. The van der Waals surface area contributed by atoms with Gasteiger partial charge >= 0.3 is 11.9 Å². The summed E-state index contributed by atoms with van der Waals surface area (Å²) >= 11 is 0. The fraction of sp³-hybridized carbons (Fsp3) is 0.778. The average molecular weight is 601 g/mol.